The number of nitrogens with zero attached hydrogens (tertiary/aromatic N) is 3. The number of aromatic nitrogens is 2. The van der Waals surface area contributed by atoms with Crippen LogP contribution in [0.3, 0.4) is 0 Å². The van der Waals surface area contributed by atoms with Crippen molar-refractivity contribution < 1.29 is 5.11 Å². The van der Waals surface area contributed by atoms with E-state index in [2.05, 4.69) is 36.1 Å². The van der Waals surface area contributed by atoms with E-state index in [1.807, 2.05) is 12.3 Å². The molecule has 5 nitrogen and oxygen atoms in total. The van der Waals surface area contributed by atoms with E-state index in [1.54, 1.807) is 10.9 Å². The number of nitrogens with one attached hydrogen (secondary N) is 1. The average Bonchev–Trinajstić information content (AvgIpc) is 2.94. The first-order chi connectivity index (χ1) is 9.65. The third kappa shape index (κ3) is 7.03. The zero-order valence-corrected chi connectivity index (χ0v) is 13.1. The normalized spacial score (nSPS) is 14.7. The highest BCUT2D eigenvalue weighted by molar-refractivity contribution is 4.79. The number of aliphatic hydroxyl groups is 1. The van der Waals surface area contributed by atoms with Gasteiger partial charge in [0.15, 0.2) is 0 Å². The summed E-state index contributed by atoms with van der Waals surface area (Å²) >= 11 is 0. The highest BCUT2D eigenvalue weighted by Crippen LogP contribution is 2.00. The van der Waals surface area contributed by atoms with Crippen LogP contribution < -0.4 is 5.32 Å². The third-order valence-electron chi connectivity index (χ3n) is 3.66. The van der Waals surface area contributed by atoms with Crippen molar-refractivity contribution in [3.8, 4) is 0 Å². The van der Waals surface area contributed by atoms with Gasteiger partial charge in [-0.2, -0.15) is 5.10 Å². The molecule has 2 unspecified atom stereocenters. The lowest BCUT2D eigenvalue weighted by Gasteiger charge is -2.20. The summed E-state index contributed by atoms with van der Waals surface area (Å²) < 4.78 is 1.76. The highest BCUT2D eigenvalue weighted by atomic mass is 16.3. The van der Waals surface area contributed by atoms with Crippen LogP contribution in [-0.2, 0) is 6.54 Å². The zero-order chi connectivity index (χ0) is 14.8. The van der Waals surface area contributed by atoms with Gasteiger partial charge in [0, 0.05) is 25.0 Å². The third-order valence-corrected chi connectivity index (χ3v) is 3.66. The molecule has 0 aromatic carbocycles. The second kappa shape index (κ2) is 9.91. The van der Waals surface area contributed by atoms with Gasteiger partial charge in [-0.15, -0.1) is 0 Å². The zero-order valence-electron chi connectivity index (χ0n) is 13.1. The molecule has 2 atom stereocenters. The fraction of sp³-hybridized carbons (Fsp3) is 0.800. The minimum absolute atomic E-state index is 0.389. The highest BCUT2D eigenvalue weighted by Gasteiger charge is 2.08. The molecule has 0 bridgehead atoms. The van der Waals surface area contributed by atoms with Crippen LogP contribution in [0.5, 0.6) is 0 Å². The summed E-state index contributed by atoms with van der Waals surface area (Å²) in [6.45, 7) is 11.2. The molecule has 1 heterocycles. The van der Waals surface area contributed by atoms with Crippen LogP contribution in [0.15, 0.2) is 18.5 Å². The predicted molar refractivity (Wildman–Crippen MR) is 82.7 cm³/mol. The van der Waals surface area contributed by atoms with Gasteiger partial charge < -0.3 is 15.3 Å². The van der Waals surface area contributed by atoms with E-state index >= 15 is 0 Å². The van der Waals surface area contributed by atoms with E-state index in [4.69, 9.17) is 0 Å². The molecule has 0 saturated heterocycles. The van der Waals surface area contributed by atoms with E-state index in [0.717, 1.165) is 26.1 Å². The van der Waals surface area contributed by atoms with E-state index in [9.17, 15) is 5.11 Å². The van der Waals surface area contributed by atoms with Crippen molar-refractivity contribution in [3.05, 3.63) is 18.5 Å². The van der Waals surface area contributed by atoms with Gasteiger partial charge in [-0.3, -0.25) is 4.68 Å². The molecule has 1 aromatic rings. The SMILES string of the molecule is CCN(CC)CCCC(C)NCC(O)Cn1cccn1. The lowest BCUT2D eigenvalue weighted by molar-refractivity contribution is 0.142. The molecule has 0 spiro atoms. The lowest BCUT2D eigenvalue weighted by Crippen LogP contribution is -2.36. The fourth-order valence-electron chi connectivity index (χ4n) is 2.29. The van der Waals surface area contributed by atoms with Crippen LogP contribution in [-0.4, -0.2) is 58.1 Å². The maximum atomic E-state index is 9.93. The van der Waals surface area contributed by atoms with Crippen molar-refractivity contribution in [1.82, 2.24) is 20.0 Å². The van der Waals surface area contributed by atoms with E-state index in [0.29, 0.717) is 19.1 Å². The minimum Gasteiger partial charge on any atom is -0.390 e. The smallest absolute Gasteiger partial charge is 0.0860 e. The topological polar surface area (TPSA) is 53.3 Å². The van der Waals surface area contributed by atoms with Crippen LogP contribution in [0, 0.1) is 0 Å². The van der Waals surface area contributed by atoms with Crippen molar-refractivity contribution in [1.29, 1.82) is 0 Å². The molecule has 2 N–H and O–H groups in total. The Labute approximate surface area is 123 Å². The second-order valence-electron chi connectivity index (χ2n) is 5.36. The quantitative estimate of drug-likeness (QED) is 0.643. The van der Waals surface area contributed by atoms with Crippen molar-refractivity contribution in [2.75, 3.05) is 26.2 Å². The minimum atomic E-state index is -0.389. The van der Waals surface area contributed by atoms with Crippen molar-refractivity contribution in [2.45, 2.75) is 52.3 Å². The molecule has 1 aromatic heterocycles. The molecule has 0 saturated carbocycles. The Kier molecular flexibility index (Phi) is 8.49. The van der Waals surface area contributed by atoms with Gasteiger partial charge in [-0.25, -0.2) is 0 Å². The number of aliphatic hydroxyl groups excluding tert-OH is 1. The standard InChI is InChI=1S/C15H30N4O/c1-4-18(5-2)10-6-8-14(3)16-12-15(20)13-19-11-7-9-17-19/h7,9,11,14-16,20H,4-6,8,10,12-13H2,1-3H3. The maximum Gasteiger partial charge on any atom is 0.0860 e. The lowest BCUT2D eigenvalue weighted by atomic mass is 10.1. The molecule has 5 heteroatoms. The summed E-state index contributed by atoms with van der Waals surface area (Å²) in [6.07, 6.45) is 5.56. The van der Waals surface area contributed by atoms with Crippen LogP contribution in [0.2, 0.25) is 0 Å². The molecule has 0 amide bonds. The Hall–Kier alpha value is -0.910. The first-order valence-corrected chi connectivity index (χ1v) is 7.76. The van der Waals surface area contributed by atoms with Gasteiger partial charge in [0.05, 0.1) is 12.6 Å². The first kappa shape index (κ1) is 17.1. The molecule has 0 aliphatic carbocycles. The summed E-state index contributed by atoms with van der Waals surface area (Å²) in [5.41, 5.74) is 0. The van der Waals surface area contributed by atoms with E-state index < -0.39 is 0 Å². The number of hydrogen-bond donors (Lipinski definition) is 2. The van der Waals surface area contributed by atoms with Crippen molar-refractivity contribution in [3.63, 3.8) is 0 Å². The fourth-order valence-corrected chi connectivity index (χ4v) is 2.29. The summed E-state index contributed by atoms with van der Waals surface area (Å²) in [5.74, 6) is 0. The van der Waals surface area contributed by atoms with Gasteiger partial charge >= 0.3 is 0 Å². The van der Waals surface area contributed by atoms with Crippen LogP contribution >= 0.6 is 0 Å². The maximum absolute atomic E-state index is 9.93. The molecule has 1 rings (SSSR count). The Morgan fingerprint density at radius 2 is 2.10 bits per heavy atom. The molecule has 116 valence electrons. The summed E-state index contributed by atoms with van der Waals surface area (Å²) in [6, 6.07) is 2.31. The second-order valence-corrected chi connectivity index (χ2v) is 5.36. The Morgan fingerprint density at radius 1 is 1.35 bits per heavy atom. The summed E-state index contributed by atoms with van der Waals surface area (Å²) in [4.78, 5) is 2.44. The molecular weight excluding hydrogens is 252 g/mol. The first-order valence-electron chi connectivity index (χ1n) is 7.76. The van der Waals surface area contributed by atoms with Crippen LogP contribution in [0.25, 0.3) is 0 Å². The number of hydrogen-bond acceptors (Lipinski definition) is 4. The van der Waals surface area contributed by atoms with Gasteiger partial charge in [0.1, 0.15) is 0 Å². The van der Waals surface area contributed by atoms with Crippen LogP contribution in [0.1, 0.15) is 33.6 Å². The van der Waals surface area contributed by atoms with Gasteiger partial charge in [-0.05, 0) is 45.5 Å². The Bertz CT molecular complexity index is 325. The molecule has 0 fully saturated rings. The Balaban J connectivity index is 2.08. The largest absolute Gasteiger partial charge is 0.390 e. The summed E-state index contributed by atoms with van der Waals surface area (Å²) in [7, 11) is 0. The van der Waals surface area contributed by atoms with Gasteiger partial charge in [0.25, 0.3) is 0 Å². The molecule has 0 aliphatic heterocycles. The molecular formula is C15H30N4O. The Morgan fingerprint density at radius 3 is 2.70 bits per heavy atom. The summed E-state index contributed by atoms with van der Waals surface area (Å²) in [5, 5.41) is 17.4. The van der Waals surface area contributed by atoms with Crippen molar-refractivity contribution in [2.24, 2.45) is 0 Å². The number of rotatable bonds is 11. The van der Waals surface area contributed by atoms with Gasteiger partial charge in [-0.1, -0.05) is 13.8 Å². The predicted octanol–water partition coefficient (Wildman–Crippen LogP) is 1.34. The van der Waals surface area contributed by atoms with Crippen molar-refractivity contribution >= 4 is 0 Å². The van der Waals surface area contributed by atoms with Crippen LogP contribution in [0.4, 0.5) is 0 Å². The van der Waals surface area contributed by atoms with Gasteiger partial charge in [0.2, 0.25) is 0 Å². The monoisotopic (exact) mass is 282 g/mol. The molecule has 20 heavy (non-hydrogen) atoms. The van der Waals surface area contributed by atoms with E-state index in [1.165, 1.54) is 6.42 Å². The average molecular weight is 282 g/mol. The molecule has 0 aliphatic rings. The molecule has 0 radical (unpaired) electrons. The van der Waals surface area contributed by atoms with E-state index in [-0.39, 0.29) is 6.10 Å².